The highest BCUT2D eigenvalue weighted by atomic mass is 16.4. The molecule has 2 aliphatic rings. The van der Waals surface area contributed by atoms with Gasteiger partial charge in [-0.3, -0.25) is 14.5 Å². The molecular weight excluding hydrogens is 222 g/mol. The number of imide groups is 1. The van der Waals surface area contributed by atoms with Crippen molar-refractivity contribution in [3.05, 3.63) is 11.6 Å². The predicted octanol–water partition coefficient (Wildman–Crippen LogP) is -0.532. The molecule has 1 fully saturated rings. The summed E-state index contributed by atoms with van der Waals surface area (Å²) in [5.41, 5.74) is 1.12. The van der Waals surface area contributed by atoms with Gasteiger partial charge in [-0.1, -0.05) is 11.6 Å². The zero-order valence-corrected chi connectivity index (χ0v) is 9.64. The Bertz CT molecular complexity index is 413. The molecule has 0 N–H and O–H groups in total. The van der Waals surface area contributed by atoms with Gasteiger partial charge in [0.05, 0.1) is 11.8 Å². The van der Waals surface area contributed by atoms with Crippen LogP contribution in [0.1, 0.15) is 26.2 Å². The Morgan fingerprint density at radius 1 is 1.41 bits per heavy atom. The molecule has 0 aromatic rings. The van der Waals surface area contributed by atoms with Crippen LogP contribution in [0.5, 0.6) is 0 Å². The van der Waals surface area contributed by atoms with Crippen molar-refractivity contribution in [2.45, 2.75) is 26.2 Å². The van der Waals surface area contributed by atoms with Crippen molar-refractivity contribution >= 4 is 17.8 Å². The van der Waals surface area contributed by atoms with Crippen LogP contribution < -0.4 is 5.11 Å². The van der Waals surface area contributed by atoms with E-state index in [1.165, 1.54) is 0 Å². The number of nitrogens with zero attached hydrogens (tertiary/aromatic N) is 1. The first-order valence-corrected chi connectivity index (χ1v) is 5.71. The molecule has 2 amide bonds. The van der Waals surface area contributed by atoms with Crippen molar-refractivity contribution in [2.75, 3.05) is 6.54 Å². The van der Waals surface area contributed by atoms with Gasteiger partial charge < -0.3 is 9.90 Å². The van der Waals surface area contributed by atoms with Gasteiger partial charge in [-0.2, -0.15) is 0 Å². The maximum absolute atomic E-state index is 12.0. The third kappa shape index (κ3) is 2.09. The summed E-state index contributed by atoms with van der Waals surface area (Å²) in [6, 6.07) is 0. The average Bonchev–Trinajstić information content (AvgIpc) is 2.49. The first kappa shape index (κ1) is 11.8. The predicted molar refractivity (Wildman–Crippen MR) is 56.3 cm³/mol. The summed E-state index contributed by atoms with van der Waals surface area (Å²) in [6.45, 7) is 1.88. The van der Waals surface area contributed by atoms with E-state index in [0.29, 0.717) is 12.8 Å². The molecule has 2 atom stereocenters. The molecule has 0 radical (unpaired) electrons. The van der Waals surface area contributed by atoms with Crippen molar-refractivity contribution in [2.24, 2.45) is 11.8 Å². The maximum atomic E-state index is 12.0. The van der Waals surface area contributed by atoms with Gasteiger partial charge >= 0.3 is 0 Å². The van der Waals surface area contributed by atoms with E-state index in [4.69, 9.17) is 0 Å². The van der Waals surface area contributed by atoms with Gasteiger partial charge in [0.25, 0.3) is 0 Å². The fourth-order valence-corrected chi connectivity index (χ4v) is 2.53. The zero-order chi connectivity index (χ0) is 12.6. The lowest BCUT2D eigenvalue weighted by Crippen LogP contribution is -2.35. The van der Waals surface area contributed by atoms with Crippen LogP contribution >= 0.6 is 0 Å². The number of fused-ring (bicyclic) bond motifs is 1. The van der Waals surface area contributed by atoms with Crippen molar-refractivity contribution in [3.63, 3.8) is 0 Å². The van der Waals surface area contributed by atoms with Gasteiger partial charge in [0, 0.05) is 18.9 Å². The highest BCUT2D eigenvalue weighted by Gasteiger charge is 2.47. The summed E-state index contributed by atoms with van der Waals surface area (Å²) in [5, 5.41) is 10.4. The van der Waals surface area contributed by atoms with Gasteiger partial charge in [0.15, 0.2) is 0 Å². The van der Waals surface area contributed by atoms with Crippen LogP contribution in [0.3, 0.4) is 0 Å². The average molecular weight is 236 g/mol. The van der Waals surface area contributed by atoms with Crippen LogP contribution in [0.2, 0.25) is 0 Å². The first-order chi connectivity index (χ1) is 8.00. The largest absolute Gasteiger partial charge is 0.550 e. The number of carbonyl (C=O) groups excluding carboxylic acids is 3. The molecule has 0 aromatic carbocycles. The van der Waals surface area contributed by atoms with Crippen molar-refractivity contribution in [1.29, 1.82) is 0 Å². The Labute approximate surface area is 99.1 Å². The first-order valence-electron chi connectivity index (χ1n) is 5.71. The number of amides is 2. The molecule has 0 saturated carbocycles. The Balaban J connectivity index is 2.11. The molecule has 1 aliphatic carbocycles. The lowest BCUT2D eigenvalue weighted by molar-refractivity contribution is -0.305. The van der Waals surface area contributed by atoms with Gasteiger partial charge in [0.1, 0.15) is 0 Å². The van der Waals surface area contributed by atoms with Crippen LogP contribution in [0.15, 0.2) is 11.6 Å². The van der Waals surface area contributed by atoms with E-state index in [2.05, 4.69) is 0 Å². The fourth-order valence-electron chi connectivity index (χ4n) is 2.53. The number of likely N-dealkylation sites (tertiary alicyclic amines) is 1. The molecule has 0 aromatic heterocycles. The molecule has 92 valence electrons. The normalized spacial score (nSPS) is 28.1. The molecular formula is C12H14NO4-. The van der Waals surface area contributed by atoms with Crippen LogP contribution in [0.25, 0.3) is 0 Å². The monoisotopic (exact) mass is 236 g/mol. The lowest BCUT2D eigenvalue weighted by atomic mass is 9.82. The summed E-state index contributed by atoms with van der Waals surface area (Å²) < 4.78 is 0. The minimum absolute atomic E-state index is 0.0634. The molecule has 5 nitrogen and oxygen atoms in total. The smallest absolute Gasteiger partial charge is 0.233 e. The van der Waals surface area contributed by atoms with E-state index in [1.54, 1.807) is 0 Å². The molecule has 1 aliphatic heterocycles. The van der Waals surface area contributed by atoms with Gasteiger partial charge in [-0.25, -0.2) is 0 Å². The number of carboxylic acid groups (broad SMARTS) is 1. The van der Waals surface area contributed by atoms with Crippen molar-refractivity contribution < 1.29 is 19.5 Å². The molecule has 2 unspecified atom stereocenters. The second-order valence-electron chi connectivity index (χ2n) is 4.65. The Hall–Kier alpha value is -1.65. The second kappa shape index (κ2) is 4.31. The molecule has 1 heterocycles. The maximum Gasteiger partial charge on any atom is 0.233 e. The van der Waals surface area contributed by atoms with Crippen LogP contribution in [-0.4, -0.2) is 29.2 Å². The minimum Gasteiger partial charge on any atom is -0.550 e. The number of carboxylic acids is 1. The molecule has 0 spiro atoms. The van der Waals surface area contributed by atoms with E-state index in [0.717, 1.165) is 10.5 Å². The molecule has 17 heavy (non-hydrogen) atoms. The quantitative estimate of drug-likeness (QED) is 0.487. The summed E-state index contributed by atoms with van der Waals surface area (Å²) in [4.78, 5) is 35.4. The SMILES string of the molecule is CC1=CCC2C(=O)N(CCC(=O)[O-])C(=O)C2C1. The Morgan fingerprint density at radius 2 is 2.06 bits per heavy atom. The Kier molecular flexibility index (Phi) is 3.00. The number of carbonyl (C=O) groups is 3. The highest BCUT2D eigenvalue weighted by molar-refractivity contribution is 6.05. The third-order valence-corrected chi connectivity index (χ3v) is 3.45. The zero-order valence-electron chi connectivity index (χ0n) is 9.64. The topological polar surface area (TPSA) is 77.5 Å². The molecule has 5 heteroatoms. The van der Waals surface area contributed by atoms with E-state index in [9.17, 15) is 19.5 Å². The molecule has 0 bridgehead atoms. The van der Waals surface area contributed by atoms with E-state index in [1.807, 2.05) is 13.0 Å². The number of hydrogen-bond donors (Lipinski definition) is 0. The summed E-state index contributed by atoms with van der Waals surface area (Å²) >= 11 is 0. The Morgan fingerprint density at radius 3 is 2.71 bits per heavy atom. The standard InChI is InChI=1S/C12H15NO4/c1-7-2-3-8-9(6-7)12(17)13(11(8)16)5-4-10(14)15/h2,8-9H,3-6H2,1H3,(H,14,15)/p-1. The summed E-state index contributed by atoms with van der Waals surface area (Å²) in [6.07, 6.45) is 2.89. The van der Waals surface area contributed by atoms with Crippen molar-refractivity contribution in [1.82, 2.24) is 4.90 Å². The lowest BCUT2D eigenvalue weighted by Gasteiger charge is -2.19. The summed E-state index contributed by atoms with van der Waals surface area (Å²) in [5.74, 6) is -2.27. The number of allylic oxidation sites excluding steroid dienone is 2. The third-order valence-electron chi connectivity index (χ3n) is 3.45. The van der Waals surface area contributed by atoms with E-state index in [-0.39, 0.29) is 36.6 Å². The molecule has 1 saturated heterocycles. The second-order valence-corrected chi connectivity index (χ2v) is 4.65. The van der Waals surface area contributed by atoms with E-state index >= 15 is 0 Å². The highest BCUT2D eigenvalue weighted by Crippen LogP contribution is 2.37. The summed E-state index contributed by atoms with van der Waals surface area (Å²) in [7, 11) is 0. The number of aliphatic carboxylic acids is 1. The van der Waals surface area contributed by atoms with Crippen molar-refractivity contribution in [3.8, 4) is 0 Å². The van der Waals surface area contributed by atoms with Gasteiger partial charge in [-0.05, 0) is 19.8 Å². The van der Waals surface area contributed by atoms with Crippen LogP contribution in [0, 0.1) is 11.8 Å². The number of hydrogen-bond acceptors (Lipinski definition) is 4. The van der Waals surface area contributed by atoms with Crippen LogP contribution in [0.4, 0.5) is 0 Å². The minimum atomic E-state index is -1.24. The number of rotatable bonds is 3. The van der Waals surface area contributed by atoms with Crippen LogP contribution in [-0.2, 0) is 14.4 Å². The van der Waals surface area contributed by atoms with Gasteiger partial charge in [-0.15, -0.1) is 0 Å². The molecule has 2 rings (SSSR count). The van der Waals surface area contributed by atoms with Gasteiger partial charge in [0.2, 0.25) is 11.8 Å². The van der Waals surface area contributed by atoms with E-state index < -0.39 is 5.97 Å². The fraction of sp³-hybridized carbons (Fsp3) is 0.583.